The minimum atomic E-state index is -4.46. The van der Waals surface area contributed by atoms with Crippen LogP contribution in [0.15, 0.2) is 76.1 Å². The summed E-state index contributed by atoms with van der Waals surface area (Å²) >= 11 is 0.797. The largest absolute Gasteiger partial charge is 0.457 e. The number of hydrogen-bond acceptors (Lipinski definition) is 4. The zero-order valence-electron chi connectivity index (χ0n) is 15.3. The van der Waals surface area contributed by atoms with E-state index >= 15 is 0 Å². The van der Waals surface area contributed by atoms with Gasteiger partial charge in [-0.15, -0.1) is 0 Å². The van der Waals surface area contributed by atoms with Crippen molar-refractivity contribution in [3.05, 3.63) is 88.5 Å². The smallest absolute Gasteiger partial charge is 0.416 e. The Morgan fingerprint density at radius 1 is 0.967 bits per heavy atom. The van der Waals surface area contributed by atoms with Crippen LogP contribution in [-0.4, -0.2) is 16.0 Å². The van der Waals surface area contributed by atoms with Gasteiger partial charge < -0.3 is 4.42 Å². The van der Waals surface area contributed by atoms with Crippen molar-refractivity contribution in [1.82, 2.24) is 4.90 Å². The van der Waals surface area contributed by atoms with Crippen molar-refractivity contribution in [3.63, 3.8) is 0 Å². The van der Waals surface area contributed by atoms with Crippen LogP contribution < -0.4 is 0 Å². The van der Waals surface area contributed by atoms with E-state index in [2.05, 4.69) is 0 Å². The van der Waals surface area contributed by atoms with E-state index in [9.17, 15) is 22.8 Å². The summed E-state index contributed by atoms with van der Waals surface area (Å²) in [6.45, 7) is 0.163. The average molecular weight is 429 g/mol. The summed E-state index contributed by atoms with van der Waals surface area (Å²) in [6.07, 6.45) is -3.03. The van der Waals surface area contributed by atoms with Gasteiger partial charge >= 0.3 is 6.18 Å². The standard InChI is InChI=1S/C22H14F3NO3S/c23-22(24,25)16-8-4-7-15(11-16)18-10-9-17(29-18)12-19-20(27)26(21(28)30-19)13-14-5-2-1-3-6-14/h1-12H,13H2/b19-12-. The third-order valence-corrected chi connectivity index (χ3v) is 5.34. The van der Waals surface area contributed by atoms with E-state index in [4.69, 9.17) is 4.42 Å². The van der Waals surface area contributed by atoms with Gasteiger partial charge in [0.25, 0.3) is 11.1 Å². The molecule has 152 valence electrons. The molecule has 0 aliphatic carbocycles. The van der Waals surface area contributed by atoms with Crippen LogP contribution in [-0.2, 0) is 17.5 Å². The highest BCUT2D eigenvalue weighted by atomic mass is 32.2. The lowest BCUT2D eigenvalue weighted by atomic mass is 10.1. The third-order valence-electron chi connectivity index (χ3n) is 4.43. The number of benzene rings is 2. The minimum Gasteiger partial charge on any atom is -0.457 e. The maximum absolute atomic E-state index is 12.9. The first-order valence-electron chi connectivity index (χ1n) is 8.88. The minimum absolute atomic E-state index is 0.163. The molecule has 0 unspecified atom stereocenters. The van der Waals surface area contributed by atoms with Crippen molar-refractivity contribution < 1.29 is 27.2 Å². The number of nitrogens with zero attached hydrogens (tertiary/aromatic N) is 1. The van der Waals surface area contributed by atoms with E-state index in [1.165, 1.54) is 24.3 Å². The highest BCUT2D eigenvalue weighted by Crippen LogP contribution is 2.35. The van der Waals surface area contributed by atoms with Gasteiger partial charge in [0, 0.05) is 11.6 Å². The summed E-state index contributed by atoms with van der Waals surface area (Å²) in [7, 11) is 0. The van der Waals surface area contributed by atoms with Crippen LogP contribution in [0.25, 0.3) is 17.4 Å². The molecule has 2 aromatic carbocycles. The Morgan fingerprint density at radius 3 is 2.47 bits per heavy atom. The van der Waals surface area contributed by atoms with Gasteiger partial charge in [-0.3, -0.25) is 14.5 Å². The van der Waals surface area contributed by atoms with E-state index in [1.807, 2.05) is 30.3 Å². The van der Waals surface area contributed by atoms with Crippen LogP contribution >= 0.6 is 11.8 Å². The fourth-order valence-corrected chi connectivity index (χ4v) is 3.78. The molecule has 30 heavy (non-hydrogen) atoms. The number of halogens is 3. The molecule has 1 aliphatic rings. The summed E-state index contributed by atoms with van der Waals surface area (Å²) in [5.41, 5.74) is 0.313. The zero-order chi connectivity index (χ0) is 21.3. The molecule has 0 N–H and O–H groups in total. The number of rotatable bonds is 4. The van der Waals surface area contributed by atoms with Crippen molar-refractivity contribution in [1.29, 1.82) is 0 Å². The third kappa shape index (κ3) is 4.18. The predicted molar refractivity (Wildman–Crippen MR) is 107 cm³/mol. The summed E-state index contributed by atoms with van der Waals surface area (Å²) in [4.78, 5) is 26.2. The number of thioether (sulfide) groups is 1. The Balaban J connectivity index is 1.55. The van der Waals surface area contributed by atoms with Crippen molar-refractivity contribution in [2.45, 2.75) is 12.7 Å². The van der Waals surface area contributed by atoms with Crippen LogP contribution in [0.1, 0.15) is 16.9 Å². The van der Waals surface area contributed by atoms with Crippen molar-refractivity contribution in [2.24, 2.45) is 0 Å². The molecule has 1 aliphatic heterocycles. The summed E-state index contributed by atoms with van der Waals surface area (Å²) in [5, 5.41) is -0.389. The van der Waals surface area contributed by atoms with Crippen molar-refractivity contribution in [2.75, 3.05) is 0 Å². The maximum atomic E-state index is 12.9. The molecule has 4 nitrogen and oxygen atoms in total. The highest BCUT2D eigenvalue weighted by molar-refractivity contribution is 8.18. The van der Waals surface area contributed by atoms with Crippen LogP contribution in [0, 0.1) is 0 Å². The van der Waals surface area contributed by atoms with Gasteiger partial charge in [-0.05, 0) is 41.6 Å². The Morgan fingerprint density at radius 2 is 1.73 bits per heavy atom. The van der Waals surface area contributed by atoms with Gasteiger partial charge in [0.05, 0.1) is 17.0 Å². The van der Waals surface area contributed by atoms with E-state index in [0.717, 1.165) is 34.4 Å². The molecule has 0 atom stereocenters. The molecule has 2 amide bonds. The normalized spacial score (nSPS) is 16.0. The lowest BCUT2D eigenvalue weighted by Crippen LogP contribution is -2.27. The fraction of sp³-hybridized carbons (Fsp3) is 0.0909. The Labute approximate surface area is 174 Å². The Kier molecular flexibility index (Phi) is 5.26. The lowest BCUT2D eigenvalue weighted by Gasteiger charge is -2.11. The monoisotopic (exact) mass is 429 g/mol. The van der Waals surface area contributed by atoms with Gasteiger partial charge in [0.2, 0.25) is 0 Å². The molecular formula is C22H14F3NO3S. The molecule has 0 saturated carbocycles. The number of furan rings is 1. The first kappa shape index (κ1) is 20.0. The van der Waals surface area contributed by atoms with Gasteiger partial charge in [-0.1, -0.05) is 42.5 Å². The number of carbonyl (C=O) groups excluding carboxylic acids is 2. The molecule has 1 fully saturated rings. The summed E-state index contributed by atoms with van der Waals surface area (Å²) in [5.74, 6) is 0.0642. The van der Waals surface area contributed by atoms with Gasteiger partial charge in [0.1, 0.15) is 11.5 Å². The topological polar surface area (TPSA) is 50.5 Å². The van der Waals surface area contributed by atoms with Crippen LogP contribution in [0.3, 0.4) is 0 Å². The molecule has 4 rings (SSSR count). The molecular weight excluding hydrogens is 415 g/mol. The van der Waals surface area contributed by atoms with E-state index < -0.39 is 17.6 Å². The van der Waals surface area contributed by atoms with Gasteiger partial charge in [-0.2, -0.15) is 13.2 Å². The molecule has 0 spiro atoms. The summed E-state index contributed by atoms with van der Waals surface area (Å²) in [6, 6.07) is 17.0. The van der Waals surface area contributed by atoms with Crippen LogP contribution in [0.2, 0.25) is 0 Å². The zero-order valence-corrected chi connectivity index (χ0v) is 16.2. The SMILES string of the molecule is O=C1S/C(=C\c2ccc(-c3cccc(C(F)(F)F)c3)o2)C(=O)N1Cc1ccccc1. The summed E-state index contributed by atoms with van der Waals surface area (Å²) < 4.78 is 44.3. The molecule has 8 heteroatoms. The number of alkyl halides is 3. The first-order valence-corrected chi connectivity index (χ1v) is 9.70. The van der Waals surface area contributed by atoms with Crippen LogP contribution in [0.4, 0.5) is 18.0 Å². The Bertz CT molecular complexity index is 1140. The van der Waals surface area contributed by atoms with E-state index in [0.29, 0.717) is 0 Å². The lowest BCUT2D eigenvalue weighted by molar-refractivity contribution is -0.137. The van der Waals surface area contributed by atoms with Crippen LogP contribution in [0.5, 0.6) is 0 Å². The predicted octanol–water partition coefficient (Wildman–Crippen LogP) is 6.20. The van der Waals surface area contributed by atoms with E-state index in [-0.39, 0.29) is 33.8 Å². The maximum Gasteiger partial charge on any atom is 0.416 e. The van der Waals surface area contributed by atoms with Gasteiger partial charge in [0.15, 0.2) is 0 Å². The second-order valence-corrected chi connectivity index (χ2v) is 7.53. The molecule has 0 bridgehead atoms. The van der Waals surface area contributed by atoms with Crippen molar-refractivity contribution >= 4 is 29.0 Å². The number of carbonyl (C=O) groups is 2. The molecule has 0 radical (unpaired) electrons. The molecule has 3 aromatic rings. The average Bonchev–Trinajstić information content (AvgIpc) is 3.29. The second-order valence-electron chi connectivity index (χ2n) is 6.53. The Hall–Kier alpha value is -3.26. The fourth-order valence-electron chi connectivity index (χ4n) is 2.97. The molecule has 1 saturated heterocycles. The second kappa shape index (κ2) is 7.87. The first-order chi connectivity index (χ1) is 14.3. The molecule has 1 aromatic heterocycles. The number of hydrogen-bond donors (Lipinski definition) is 0. The number of imide groups is 1. The van der Waals surface area contributed by atoms with Crippen molar-refractivity contribution in [3.8, 4) is 11.3 Å². The highest BCUT2D eigenvalue weighted by Gasteiger charge is 2.35. The van der Waals surface area contributed by atoms with E-state index in [1.54, 1.807) is 6.07 Å². The quantitative estimate of drug-likeness (QED) is 0.463. The number of amides is 2. The molecule has 2 heterocycles. The van der Waals surface area contributed by atoms with Gasteiger partial charge in [-0.25, -0.2) is 0 Å².